The van der Waals surface area contributed by atoms with E-state index in [9.17, 15) is 22.8 Å². The minimum Gasteiger partial charge on any atom is -0.467 e. The van der Waals surface area contributed by atoms with Crippen LogP contribution in [0, 0.1) is 23.7 Å². The van der Waals surface area contributed by atoms with Crippen LogP contribution in [0.1, 0.15) is 86.5 Å². The summed E-state index contributed by atoms with van der Waals surface area (Å²) >= 11 is 5.30. The van der Waals surface area contributed by atoms with Gasteiger partial charge in [0.1, 0.15) is 16.9 Å². The highest BCUT2D eigenvalue weighted by molar-refractivity contribution is 7.87. The molecular weight excluding hydrogens is 734 g/mol. The molecule has 0 unspecified atom stereocenters. The van der Waals surface area contributed by atoms with Crippen molar-refractivity contribution >= 4 is 52.1 Å². The SMILES string of the molecule is C=CCC1=CCN(C(=O)OC(C)(C)C)[C@@H]1C(=O)OC.C=CC[C@@H]1[C@@H](OC(C)=O)CC[C@@H]1C.C=CC[C@H]1[C@@H](C)CC[C@H]1OS(=O)(=O)CCl.O=C=O.O=C=O. The zero-order valence-corrected chi connectivity index (χ0v) is 33.4. The highest BCUT2D eigenvalue weighted by Crippen LogP contribution is 2.37. The number of carbonyl (C=O) groups excluding carboxylic acids is 7. The molecule has 2 fully saturated rings. The number of alkyl halides is 1. The van der Waals surface area contributed by atoms with Crippen LogP contribution in [0.4, 0.5) is 4.79 Å². The van der Waals surface area contributed by atoms with Gasteiger partial charge < -0.3 is 14.2 Å². The summed E-state index contributed by atoms with van der Waals surface area (Å²) in [6.45, 7) is 22.6. The van der Waals surface area contributed by atoms with E-state index in [0.717, 1.165) is 44.1 Å². The Morgan fingerprint density at radius 3 is 1.77 bits per heavy atom. The van der Waals surface area contributed by atoms with Crippen LogP contribution < -0.4 is 0 Å². The Bertz CT molecular complexity index is 1380. The van der Waals surface area contributed by atoms with Crippen molar-refractivity contribution in [3.05, 3.63) is 49.6 Å². The highest BCUT2D eigenvalue weighted by atomic mass is 35.5. The minimum atomic E-state index is -3.55. The molecule has 0 aromatic carbocycles. The second-order valence-electron chi connectivity index (χ2n) is 13.4. The lowest BCUT2D eigenvalue weighted by molar-refractivity contribution is -0.193. The molecule has 1 amide bonds. The molecule has 0 aromatic heterocycles. The van der Waals surface area contributed by atoms with Crippen molar-refractivity contribution in [1.82, 2.24) is 4.90 Å². The Kier molecular flexibility index (Phi) is 25.9. The van der Waals surface area contributed by atoms with Gasteiger partial charge in [0.15, 0.2) is 6.04 Å². The third-order valence-corrected chi connectivity index (χ3v) is 10.1. The summed E-state index contributed by atoms with van der Waals surface area (Å²) < 4.78 is 42.9. The van der Waals surface area contributed by atoms with Gasteiger partial charge >= 0.3 is 30.3 Å². The lowest BCUT2D eigenvalue weighted by atomic mass is 9.93. The smallest absolute Gasteiger partial charge is 0.411 e. The summed E-state index contributed by atoms with van der Waals surface area (Å²) in [4.78, 5) is 68.6. The Balaban J connectivity index is 0. The molecule has 300 valence electrons. The molecule has 2 saturated carbocycles. The van der Waals surface area contributed by atoms with Gasteiger partial charge in [0.05, 0.1) is 13.2 Å². The second kappa shape index (κ2) is 26.8. The number of allylic oxidation sites excluding steroid dienone is 3. The Morgan fingerprint density at radius 1 is 0.906 bits per heavy atom. The van der Waals surface area contributed by atoms with Crippen LogP contribution in [0.25, 0.3) is 0 Å². The number of methoxy groups -OCH3 is 1. The maximum Gasteiger partial charge on any atom is 0.411 e. The first-order valence-electron chi connectivity index (χ1n) is 17.0. The molecular formula is C37H56ClNO13S. The number of amides is 1. The lowest BCUT2D eigenvalue weighted by Crippen LogP contribution is -2.45. The lowest BCUT2D eigenvalue weighted by Gasteiger charge is -2.28. The van der Waals surface area contributed by atoms with E-state index in [1.807, 2.05) is 18.2 Å². The van der Waals surface area contributed by atoms with Gasteiger partial charge in [-0.3, -0.25) is 13.9 Å². The maximum absolute atomic E-state index is 12.1. The molecule has 7 atom stereocenters. The minimum absolute atomic E-state index is 0.130. The van der Waals surface area contributed by atoms with Gasteiger partial charge in [-0.25, -0.2) is 9.59 Å². The Hall–Kier alpha value is -3.87. The van der Waals surface area contributed by atoms with Crippen LogP contribution >= 0.6 is 11.6 Å². The molecule has 14 nitrogen and oxygen atoms in total. The van der Waals surface area contributed by atoms with Crippen LogP contribution in [0.5, 0.6) is 0 Å². The van der Waals surface area contributed by atoms with E-state index < -0.39 is 39.0 Å². The number of ether oxygens (including phenoxy) is 3. The Labute approximate surface area is 319 Å². The van der Waals surface area contributed by atoms with Gasteiger partial charge in [0.2, 0.25) is 0 Å². The largest absolute Gasteiger partial charge is 0.467 e. The van der Waals surface area contributed by atoms with Crippen molar-refractivity contribution < 1.29 is 60.4 Å². The van der Waals surface area contributed by atoms with Crippen molar-refractivity contribution in [2.24, 2.45) is 23.7 Å². The number of carbonyl (C=O) groups is 3. The van der Waals surface area contributed by atoms with Gasteiger partial charge in [0, 0.05) is 19.4 Å². The van der Waals surface area contributed by atoms with Crippen molar-refractivity contribution in [3.63, 3.8) is 0 Å². The fourth-order valence-electron chi connectivity index (χ4n) is 6.17. The van der Waals surface area contributed by atoms with Crippen LogP contribution in [0.3, 0.4) is 0 Å². The molecule has 0 bridgehead atoms. The molecule has 0 radical (unpaired) electrons. The first kappa shape index (κ1) is 51.2. The fourth-order valence-corrected chi connectivity index (χ4v) is 7.00. The van der Waals surface area contributed by atoms with Gasteiger partial charge in [0.25, 0.3) is 10.1 Å². The van der Waals surface area contributed by atoms with Crippen molar-refractivity contribution in [2.45, 2.75) is 110 Å². The van der Waals surface area contributed by atoms with E-state index in [0.29, 0.717) is 30.7 Å². The molecule has 3 rings (SSSR count). The molecule has 53 heavy (non-hydrogen) atoms. The average Bonchev–Trinajstić information content (AvgIpc) is 3.75. The van der Waals surface area contributed by atoms with E-state index in [4.69, 9.17) is 49.2 Å². The normalized spacial score (nSPS) is 24.1. The first-order valence-corrected chi connectivity index (χ1v) is 19.1. The van der Waals surface area contributed by atoms with Crippen LogP contribution in [0.2, 0.25) is 0 Å². The number of hydrogen-bond acceptors (Lipinski definition) is 13. The summed E-state index contributed by atoms with van der Waals surface area (Å²) in [6, 6.07) is -0.710. The van der Waals surface area contributed by atoms with Crippen molar-refractivity contribution in [1.29, 1.82) is 0 Å². The monoisotopic (exact) mass is 789 g/mol. The topological polar surface area (TPSA) is 194 Å². The third kappa shape index (κ3) is 20.2. The van der Waals surface area contributed by atoms with Gasteiger partial charge in [-0.1, -0.05) is 38.2 Å². The molecule has 0 N–H and O–H groups in total. The molecule has 0 spiro atoms. The third-order valence-electron chi connectivity index (χ3n) is 8.47. The summed E-state index contributed by atoms with van der Waals surface area (Å²) in [6.07, 6.45) is 13.4. The average molecular weight is 790 g/mol. The van der Waals surface area contributed by atoms with E-state index in [2.05, 4.69) is 33.6 Å². The molecule has 1 aliphatic heterocycles. The van der Waals surface area contributed by atoms with Crippen LogP contribution in [-0.4, -0.2) is 86.4 Å². The van der Waals surface area contributed by atoms with E-state index in [1.54, 1.807) is 26.8 Å². The predicted molar refractivity (Wildman–Crippen MR) is 195 cm³/mol. The van der Waals surface area contributed by atoms with Gasteiger partial charge in [-0.2, -0.15) is 27.6 Å². The number of rotatable bonds is 11. The first-order chi connectivity index (χ1) is 24.8. The standard InChI is InChI=1S/C14H21NO4.C11H18O2.C10H17ClO3S.2CO2/c1-6-7-10-8-9-15(11(10)12(16)18-5)13(17)19-14(2,3)4;1-4-5-10-8(2)6-7-11(10)13-9(3)12;1-3-4-9-8(2)5-6-10(9)14-15(12,13)7-11;2*2-1-3/h6,8,11H,1,7,9H2,2-5H3;4,8,10-11H,1,5-7H2,2-3H3;3,8-10H,1,4-7H2,2H3;;/t11-;8-,10-,11-;8-,9-,10+;;/m000../s1. The zero-order chi connectivity index (χ0) is 41.4. The predicted octanol–water partition coefficient (Wildman–Crippen LogP) is 6.17. The Morgan fingerprint density at radius 2 is 1.38 bits per heavy atom. The summed E-state index contributed by atoms with van der Waals surface area (Å²) in [5.74, 6) is 1.26. The summed E-state index contributed by atoms with van der Waals surface area (Å²) in [5, 5.41) is -0.474. The van der Waals surface area contributed by atoms with Crippen LogP contribution in [-0.2, 0) is 57.3 Å². The molecule has 3 aliphatic rings. The quantitative estimate of drug-likeness (QED) is 0.0759. The highest BCUT2D eigenvalue weighted by Gasteiger charge is 2.39. The van der Waals surface area contributed by atoms with E-state index >= 15 is 0 Å². The fraction of sp³-hybridized carbons (Fsp3) is 0.649. The van der Waals surface area contributed by atoms with Crippen molar-refractivity contribution in [2.75, 3.05) is 18.9 Å². The molecule has 16 heteroatoms. The van der Waals surface area contributed by atoms with Crippen LogP contribution in [0.15, 0.2) is 49.6 Å². The number of esters is 2. The van der Waals surface area contributed by atoms with Gasteiger partial charge in [-0.15, -0.1) is 31.3 Å². The molecule has 1 heterocycles. The molecule has 2 aliphatic carbocycles. The van der Waals surface area contributed by atoms with Gasteiger partial charge in [-0.05, 0) is 89.0 Å². The summed E-state index contributed by atoms with van der Waals surface area (Å²) in [7, 11) is -2.24. The van der Waals surface area contributed by atoms with Crippen molar-refractivity contribution in [3.8, 4) is 0 Å². The second-order valence-corrected chi connectivity index (χ2v) is 15.6. The number of halogens is 1. The molecule has 0 saturated heterocycles. The zero-order valence-electron chi connectivity index (χ0n) is 31.9. The maximum atomic E-state index is 12.1. The number of hydrogen-bond donors (Lipinski definition) is 0. The van der Waals surface area contributed by atoms with E-state index in [-0.39, 0.29) is 36.4 Å². The summed E-state index contributed by atoms with van der Waals surface area (Å²) in [5.41, 5.74) is 0.214. The molecule has 0 aromatic rings. The number of nitrogens with zero attached hydrogens (tertiary/aromatic N) is 1. The van der Waals surface area contributed by atoms with E-state index in [1.165, 1.54) is 18.9 Å².